The molecule has 0 radical (unpaired) electrons. The van der Waals surface area contributed by atoms with Crippen molar-refractivity contribution in [3.05, 3.63) is 0 Å². The first-order valence-electron chi connectivity index (χ1n) is 4.43. The highest BCUT2D eigenvalue weighted by atomic mass is 16.1. The van der Waals surface area contributed by atoms with Crippen molar-refractivity contribution < 1.29 is 4.79 Å². The highest BCUT2D eigenvalue weighted by Crippen LogP contribution is 2.17. The van der Waals surface area contributed by atoms with E-state index in [0.29, 0.717) is 6.54 Å². The van der Waals surface area contributed by atoms with Crippen LogP contribution in [-0.2, 0) is 4.79 Å². The van der Waals surface area contributed by atoms with E-state index in [-0.39, 0.29) is 11.3 Å². The smallest absolute Gasteiger partial charge is 0.233 e. The Morgan fingerprint density at radius 3 is 2.42 bits per heavy atom. The van der Waals surface area contributed by atoms with Gasteiger partial charge in [0.1, 0.15) is 0 Å². The maximum atomic E-state index is 11.0. The Labute approximate surface area is 74.9 Å². The molecule has 0 atom stereocenters. The van der Waals surface area contributed by atoms with Gasteiger partial charge in [0, 0.05) is 6.54 Å². The lowest BCUT2D eigenvalue weighted by molar-refractivity contribution is -0.120. The van der Waals surface area contributed by atoms with Crippen LogP contribution in [0.4, 0.5) is 0 Å². The molecule has 72 valence electrons. The molecular weight excluding hydrogens is 152 g/mol. The average molecular weight is 172 g/mol. The fraction of sp³-hybridized carbons (Fsp3) is 0.889. The summed E-state index contributed by atoms with van der Waals surface area (Å²) in [5.41, 5.74) is 0.212. The van der Waals surface area contributed by atoms with Gasteiger partial charge in [-0.1, -0.05) is 20.8 Å². The minimum atomic E-state index is 0.0685. The lowest BCUT2D eigenvalue weighted by atomic mass is 9.90. The molecule has 3 heteroatoms. The lowest BCUT2D eigenvalue weighted by Crippen LogP contribution is -2.38. The predicted octanol–water partition coefficient (Wildman–Crippen LogP) is 0.758. The van der Waals surface area contributed by atoms with Gasteiger partial charge >= 0.3 is 0 Å². The summed E-state index contributed by atoms with van der Waals surface area (Å²) in [5, 5.41) is 5.68. The zero-order valence-electron chi connectivity index (χ0n) is 8.53. The van der Waals surface area contributed by atoms with Gasteiger partial charge in [0.05, 0.1) is 6.54 Å². The number of carbonyl (C=O) groups excluding carboxylic acids is 1. The summed E-state index contributed by atoms with van der Waals surface area (Å²) in [7, 11) is 1.77. The molecule has 12 heavy (non-hydrogen) atoms. The van der Waals surface area contributed by atoms with E-state index in [1.807, 2.05) is 0 Å². The van der Waals surface area contributed by atoms with Gasteiger partial charge in [-0.3, -0.25) is 4.79 Å². The van der Waals surface area contributed by atoms with Gasteiger partial charge in [-0.05, 0) is 18.9 Å². The molecule has 0 rings (SSSR count). The Bertz CT molecular complexity index is 143. The van der Waals surface area contributed by atoms with Gasteiger partial charge in [-0.2, -0.15) is 0 Å². The van der Waals surface area contributed by atoms with E-state index in [1.165, 1.54) is 0 Å². The lowest BCUT2D eigenvalue weighted by Gasteiger charge is -2.22. The SMILES string of the molecule is CCC(C)(C)CNC(=O)CNC. The van der Waals surface area contributed by atoms with Crippen molar-refractivity contribution in [2.24, 2.45) is 5.41 Å². The Kier molecular flexibility index (Phi) is 4.90. The summed E-state index contributed by atoms with van der Waals surface area (Å²) >= 11 is 0. The van der Waals surface area contributed by atoms with Crippen molar-refractivity contribution in [1.82, 2.24) is 10.6 Å². The molecule has 0 aromatic heterocycles. The van der Waals surface area contributed by atoms with Crippen LogP contribution in [-0.4, -0.2) is 26.0 Å². The Morgan fingerprint density at radius 2 is 2.00 bits per heavy atom. The second kappa shape index (κ2) is 5.14. The maximum Gasteiger partial charge on any atom is 0.233 e. The van der Waals surface area contributed by atoms with Crippen molar-refractivity contribution in [2.45, 2.75) is 27.2 Å². The van der Waals surface area contributed by atoms with E-state index in [1.54, 1.807) is 7.05 Å². The molecule has 0 aromatic rings. The normalized spacial score (nSPS) is 11.3. The first kappa shape index (κ1) is 11.4. The number of likely N-dealkylation sites (N-methyl/N-ethyl adjacent to an activating group) is 1. The summed E-state index contributed by atoms with van der Waals surface area (Å²) in [4.78, 5) is 11.0. The van der Waals surface area contributed by atoms with Crippen LogP contribution in [0.25, 0.3) is 0 Å². The molecular formula is C9H20N2O. The van der Waals surface area contributed by atoms with Gasteiger partial charge in [0.2, 0.25) is 5.91 Å². The number of rotatable bonds is 5. The van der Waals surface area contributed by atoms with Crippen molar-refractivity contribution >= 4 is 5.91 Å². The molecule has 0 aliphatic rings. The van der Waals surface area contributed by atoms with Gasteiger partial charge in [-0.15, -0.1) is 0 Å². The average Bonchev–Trinajstić information content (AvgIpc) is 2.02. The van der Waals surface area contributed by atoms with E-state index in [0.717, 1.165) is 13.0 Å². The largest absolute Gasteiger partial charge is 0.354 e. The Balaban J connectivity index is 3.60. The third-order valence-corrected chi connectivity index (χ3v) is 2.06. The molecule has 0 unspecified atom stereocenters. The van der Waals surface area contributed by atoms with Crippen LogP contribution in [0, 0.1) is 5.41 Å². The van der Waals surface area contributed by atoms with Crippen molar-refractivity contribution in [2.75, 3.05) is 20.1 Å². The Hall–Kier alpha value is -0.570. The van der Waals surface area contributed by atoms with Crippen LogP contribution in [0.1, 0.15) is 27.2 Å². The number of hydrogen-bond donors (Lipinski definition) is 2. The number of carbonyl (C=O) groups is 1. The molecule has 2 N–H and O–H groups in total. The monoisotopic (exact) mass is 172 g/mol. The minimum absolute atomic E-state index is 0.0685. The molecule has 0 bridgehead atoms. The van der Waals surface area contributed by atoms with Crippen LogP contribution >= 0.6 is 0 Å². The standard InChI is InChI=1S/C9H20N2O/c1-5-9(2,3)7-11-8(12)6-10-4/h10H,5-7H2,1-4H3,(H,11,12). The van der Waals surface area contributed by atoms with Crippen molar-refractivity contribution in [3.8, 4) is 0 Å². The first-order chi connectivity index (χ1) is 5.52. The molecule has 0 saturated carbocycles. The molecule has 0 aliphatic heterocycles. The second-order valence-corrected chi connectivity index (χ2v) is 3.82. The number of hydrogen-bond acceptors (Lipinski definition) is 2. The van der Waals surface area contributed by atoms with Crippen LogP contribution < -0.4 is 10.6 Å². The number of amides is 1. The minimum Gasteiger partial charge on any atom is -0.354 e. The third kappa shape index (κ3) is 5.13. The van der Waals surface area contributed by atoms with Crippen molar-refractivity contribution in [1.29, 1.82) is 0 Å². The zero-order chi connectivity index (χ0) is 9.61. The molecule has 3 nitrogen and oxygen atoms in total. The number of nitrogens with one attached hydrogen (secondary N) is 2. The maximum absolute atomic E-state index is 11.0. The second-order valence-electron chi connectivity index (χ2n) is 3.82. The highest BCUT2D eigenvalue weighted by Gasteiger charge is 2.15. The van der Waals surface area contributed by atoms with E-state index in [2.05, 4.69) is 31.4 Å². The molecule has 0 spiro atoms. The summed E-state index contributed by atoms with van der Waals surface area (Å²) in [5.74, 6) is 0.0685. The van der Waals surface area contributed by atoms with Crippen LogP contribution in [0.3, 0.4) is 0 Å². The molecule has 1 amide bonds. The van der Waals surface area contributed by atoms with Crippen LogP contribution in [0.5, 0.6) is 0 Å². The Morgan fingerprint density at radius 1 is 1.42 bits per heavy atom. The summed E-state index contributed by atoms with van der Waals surface area (Å²) in [6, 6.07) is 0. The molecule has 0 aliphatic carbocycles. The fourth-order valence-corrected chi connectivity index (χ4v) is 0.686. The third-order valence-electron chi connectivity index (χ3n) is 2.06. The summed E-state index contributed by atoms with van der Waals surface area (Å²) < 4.78 is 0. The van der Waals surface area contributed by atoms with E-state index < -0.39 is 0 Å². The highest BCUT2D eigenvalue weighted by molar-refractivity contribution is 5.77. The summed E-state index contributed by atoms with van der Waals surface area (Å²) in [6.45, 7) is 7.58. The van der Waals surface area contributed by atoms with Gasteiger partial charge in [0.15, 0.2) is 0 Å². The molecule has 0 aromatic carbocycles. The molecule has 0 heterocycles. The molecule has 0 fully saturated rings. The van der Waals surface area contributed by atoms with Crippen molar-refractivity contribution in [3.63, 3.8) is 0 Å². The van der Waals surface area contributed by atoms with Crippen LogP contribution in [0.2, 0.25) is 0 Å². The van der Waals surface area contributed by atoms with E-state index in [4.69, 9.17) is 0 Å². The fourth-order valence-electron chi connectivity index (χ4n) is 0.686. The van der Waals surface area contributed by atoms with Gasteiger partial charge < -0.3 is 10.6 Å². The van der Waals surface area contributed by atoms with Gasteiger partial charge in [0.25, 0.3) is 0 Å². The van der Waals surface area contributed by atoms with E-state index >= 15 is 0 Å². The van der Waals surface area contributed by atoms with Crippen LogP contribution in [0.15, 0.2) is 0 Å². The first-order valence-corrected chi connectivity index (χ1v) is 4.43. The van der Waals surface area contributed by atoms with Gasteiger partial charge in [-0.25, -0.2) is 0 Å². The molecule has 0 saturated heterocycles. The topological polar surface area (TPSA) is 41.1 Å². The predicted molar refractivity (Wildman–Crippen MR) is 51.0 cm³/mol. The zero-order valence-corrected chi connectivity index (χ0v) is 8.53. The summed E-state index contributed by atoms with van der Waals surface area (Å²) in [6.07, 6.45) is 1.08. The quantitative estimate of drug-likeness (QED) is 0.643. The van der Waals surface area contributed by atoms with E-state index in [9.17, 15) is 4.79 Å².